The first-order valence-electron chi connectivity index (χ1n) is 42.0. The molecule has 1 saturated heterocycles. The van der Waals surface area contributed by atoms with Crippen LogP contribution in [0.2, 0.25) is 0 Å². The van der Waals surface area contributed by atoms with Gasteiger partial charge in [-0.3, -0.25) is 19.2 Å². The van der Waals surface area contributed by atoms with Gasteiger partial charge in [-0.2, -0.15) is 0 Å². The smallest absolute Gasteiger partial charge is 0.399 e. The van der Waals surface area contributed by atoms with Gasteiger partial charge in [0.2, 0.25) is 0 Å². The fraction of sp³-hybridized carbons (Fsp3) is 0.107. The van der Waals surface area contributed by atoms with Crippen LogP contribution in [0.5, 0.6) is 0 Å². The van der Waals surface area contributed by atoms with Crippen molar-refractivity contribution in [2.45, 2.75) is 77.4 Å². The number of anilines is 6. The van der Waals surface area contributed by atoms with Gasteiger partial charge in [0, 0.05) is 105 Å². The summed E-state index contributed by atoms with van der Waals surface area (Å²) in [6.07, 6.45) is 3.61. The van der Waals surface area contributed by atoms with Crippen LogP contribution in [0, 0.1) is 0 Å². The molecule has 124 heavy (non-hydrogen) atoms. The quantitative estimate of drug-likeness (QED) is 0.0696. The Kier molecular flexibility index (Phi) is 20.6. The molecule has 18 aromatic rings. The van der Waals surface area contributed by atoms with Gasteiger partial charge in [0.05, 0.1) is 33.3 Å². The van der Waals surface area contributed by atoms with Gasteiger partial charge in [-0.25, -0.2) is 0 Å². The summed E-state index contributed by atoms with van der Waals surface area (Å²) >= 11 is 3.58. The molecule has 10 nitrogen and oxygen atoms in total. The Morgan fingerprint density at radius 3 is 0.984 bits per heavy atom. The number of carbonyl (C=O) groups excluding carboxylic acids is 4. The Hall–Kier alpha value is -14.1. The number of fused-ring (bicyclic) bond motifs is 12. The number of aromatic nitrogens is 2. The molecule has 0 radical (unpaired) electrons. The maximum Gasteiger partial charge on any atom is 0.494 e. The minimum absolute atomic E-state index is 0.206. The third kappa shape index (κ3) is 14.4. The number of halogens is 1. The topological polar surface area (TPSA) is 103 Å². The van der Waals surface area contributed by atoms with Crippen molar-refractivity contribution in [2.24, 2.45) is 0 Å². The number of carbonyl (C=O) groups is 4. The van der Waals surface area contributed by atoms with Crippen molar-refractivity contribution >= 4 is 131 Å². The number of hydrogen-bond donors (Lipinski definition) is 0. The molecule has 3 aliphatic rings. The highest BCUT2D eigenvalue weighted by Crippen LogP contribution is 2.54. The van der Waals surface area contributed by atoms with Crippen LogP contribution in [0.3, 0.4) is 0 Å². The van der Waals surface area contributed by atoms with Crippen molar-refractivity contribution in [1.82, 2.24) is 9.13 Å². The van der Waals surface area contributed by atoms with E-state index in [1.54, 1.807) is 0 Å². The Labute approximate surface area is 731 Å². The van der Waals surface area contributed by atoms with Crippen LogP contribution in [0.25, 0.3) is 111 Å². The third-order valence-corrected chi connectivity index (χ3v) is 26.2. The standard InChI is InChI=1S/C53H38N2O2.C34H26BrNO.C25H24BNO3/c1-53(2)49-30-36(34-57)14-27-45(49)46-28-26-44(32-50(46)53)54(41-22-15-38(16-23-41)37-8-4-3-5-9-37)42-24-17-39(18-25-42)40-19-29-52-48(31-40)47-10-6-7-11-51(47)55(52)43-20-12-35(33-56)13-21-43;1-34(2)32-20-23(22-37)8-18-30(32)31-19-17-29(21-33(31)34)36(28-15-11-26(35)12-16-28)27-13-9-25(10-14-27)24-6-4-3-5-7-24;1-24(2)25(3,4)30-26(29-24)18-11-14-23-21(15-18)20-7-5-6-8-22(20)27(23)19-12-9-17(16-28)10-13-19/h3-34H,1-2H3;3-22H,1-2H3;5-16H,1-4H3. The summed E-state index contributed by atoms with van der Waals surface area (Å²) < 4.78 is 18.1. The van der Waals surface area contributed by atoms with E-state index in [9.17, 15) is 19.2 Å². The SMILES string of the molecule is CC1(C)OB(c2ccc3c(c2)c2ccccc2n3-c2ccc(C=O)cc2)OC1(C)C.CC1(C)c2cc(C=O)ccc2-c2ccc(N(c3ccc(-c4ccccc4)cc3)c3ccc(-c4ccc5c(c4)c4ccccc4n5-c4ccc(C=O)cc4)cc3)cc21.CC1(C)c2cc(C=O)ccc2-c2ccc(N(c3ccc(Br)cc3)c3ccc(-c4ccccc4)cc3)cc21. The predicted molar refractivity (Wildman–Crippen MR) is 514 cm³/mol. The first kappa shape index (κ1) is 79.6. The van der Waals surface area contributed by atoms with Gasteiger partial charge in [-0.05, 0) is 287 Å². The van der Waals surface area contributed by atoms with Gasteiger partial charge in [0.15, 0.2) is 0 Å². The molecule has 1 aliphatic heterocycles. The lowest BCUT2D eigenvalue weighted by molar-refractivity contribution is 0.00578. The van der Waals surface area contributed by atoms with Crippen molar-refractivity contribution in [2.75, 3.05) is 9.80 Å². The molecule has 0 saturated carbocycles. The van der Waals surface area contributed by atoms with Crippen molar-refractivity contribution in [1.29, 1.82) is 0 Å². The second-order valence-electron chi connectivity index (χ2n) is 34.3. The number of hydrogen-bond acceptors (Lipinski definition) is 8. The van der Waals surface area contributed by atoms with Crippen molar-refractivity contribution in [3.8, 4) is 67.0 Å². The van der Waals surface area contributed by atoms with Crippen molar-refractivity contribution in [3.05, 3.63) is 413 Å². The molecule has 21 rings (SSSR count). The summed E-state index contributed by atoms with van der Waals surface area (Å²) in [6, 6.07) is 127. The molecule has 2 aliphatic carbocycles. The Bertz CT molecular complexity index is 7160. The largest absolute Gasteiger partial charge is 0.494 e. The molecule has 0 atom stereocenters. The molecular formula is C112H88BBrN4O6. The molecule has 16 aromatic carbocycles. The van der Waals surface area contributed by atoms with Crippen LogP contribution in [0.15, 0.2) is 368 Å². The number of nitrogens with zero attached hydrogens (tertiary/aromatic N) is 4. The zero-order chi connectivity index (χ0) is 85.3. The van der Waals surface area contributed by atoms with Crippen LogP contribution < -0.4 is 15.3 Å². The van der Waals surface area contributed by atoms with Gasteiger partial charge in [0.25, 0.3) is 0 Å². The van der Waals surface area contributed by atoms with Crippen LogP contribution in [0.1, 0.15) is 119 Å². The summed E-state index contributed by atoms with van der Waals surface area (Å²) in [7, 11) is -0.395. The minimum atomic E-state index is -0.395. The summed E-state index contributed by atoms with van der Waals surface area (Å²) in [4.78, 5) is 50.3. The highest BCUT2D eigenvalue weighted by molar-refractivity contribution is 9.10. The lowest BCUT2D eigenvalue weighted by Gasteiger charge is -2.32. The van der Waals surface area contributed by atoms with Crippen molar-refractivity contribution < 1.29 is 28.5 Å². The van der Waals surface area contributed by atoms with Crippen molar-refractivity contribution in [3.63, 3.8) is 0 Å². The van der Waals surface area contributed by atoms with E-state index in [2.05, 4.69) is 363 Å². The number of benzene rings is 16. The molecule has 1 fully saturated rings. The van der Waals surface area contributed by atoms with Gasteiger partial charge < -0.3 is 28.2 Å². The predicted octanol–water partition coefficient (Wildman–Crippen LogP) is 28.1. The summed E-state index contributed by atoms with van der Waals surface area (Å²) in [5.74, 6) is 0. The summed E-state index contributed by atoms with van der Waals surface area (Å²) in [5, 5.41) is 4.68. The molecule has 12 heteroatoms. The molecule has 2 aromatic heterocycles. The number of aldehydes is 4. The Balaban J connectivity index is 0.000000130. The van der Waals surface area contributed by atoms with E-state index in [1.165, 1.54) is 82.9 Å². The van der Waals surface area contributed by atoms with Gasteiger partial charge in [-0.1, -0.05) is 232 Å². The second kappa shape index (κ2) is 32.0. The molecular weight excluding hydrogens is 1590 g/mol. The molecule has 0 spiro atoms. The first-order valence-corrected chi connectivity index (χ1v) is 42.8. The lowest BCUT2D eigenvalue weighted by atomic mass is 9.78. The first-order chi connectivity index (χ1) is 60.2. The van der Waals surface area contributed by atoms with E-state index in [-0.39, 0.29) is 22.0 Å². The second-order valence-corrected chi connectivity index (χ2v) is 35.2. The Morgan fingerprint density at radius 2 is 0.581 bits per heavy atom. The van der Waals surface area contributed by atoms with E-state index in [4.69, 9.17) is 9.31 Å². The molecule has 602 valence electrons. The average molecular weight is 1680 g/mol. The van der Waals surface area contributed by atoms with E-state index >= 15 is 0 Å². The lowest BCUT2D eigenvalue weighted by Crippen LogP contribution is -2.41. The molecule has 0 unspecified atom stereocenters. The molecule has 0 N–H and O–H groups in total. The zero-order valence-corrected chi connectivity index (χ0v) is 71.7. The van der Waals surface area contributed by atoms with Crippen LogP contribution in [-0.4, -0.2) is 52.6 Å². The average Bonchev–Trinajstić information content (AvgIpc) is 1.58. The summed E-state index contributed by atoms with van der Waals surface area (Å²) in [5.41, 5.74) is 32.3. The minimum Gasteiger partial charge on any atom is -0.399 e. The monoisotopic (exact) mass is 1670 g/mol. The maximum absolute atomic E-state index is 11.7. The normalized spacial score (nSPS) is 14.0. The van der Waals surface area contributed by atoms with Gasteiger partial charge in [-0.15, -0.1) is 0 Å². The molecule has 0 bridgehead atoms. The van der Waals surface area contributed by atoms with E-state index in [1.807, 2.05) is 91.0 Å². The zero-order valence-electron chi connectivity index (χ0n) is 70.1. The van der Waals surface area contributed by atoms with Crippen LogP contribution in [0.4, 0.5) is 34.1 Å². The van der Waals surface area contributed by atoms with Crippen LogP contribution in [-0.2, 0) is 20.1 Å². The van der Waals surface area contributed by atoms with Crippen LogP contribution >= 0.6 is 15.9 Å². The molecule has 0 amide bonds. The van der Waals surface area contributed by atoms with Gasteiger partial charge >= 0.3 is 7.12 Å². The van der Waals surface area contributed by atoms with Gasteiger partial charge in [0.1, 0.15) is 25.1 Å². The Morgan fingerprint density at radius 1 is 0.274 bits per heavy atom. The van der Waals surface area contributed by atoms with E-state index < -0.39 is 7.12 Å². The maximum atomic E-state index is 11.7. The highest BCUT2D eigenvalue weighted by atomic mass is 79.9. The fourth-order valence-corrected chi connectivity index (χ4v) is 18.6. The summed E-state index contributed by atoms with van der Waals surface area (Å²) in [6.45, 7) is 17.3. The third-order valence-electron chi connectivity index (χ3n) is 25.6. The highest BCUT2D eigenvalue weighted by Gasteiger charge is 2.52. The van der Waals surface area contributed by atoms with E-state index in [0.717, 1.165) is 125 Å². The molecule has 3 heterocycles. The number of rotatable bonds is 16. The fourth-order valence-electron chi connectivity index (χ4n) is 18.3. The van der Waals surface area contributed by atoms with E-state index in [0.29, 0.717) is 16.7 Å². The number of para-hydroxylation sites is 2.